The van der Waals surface area contributed by atoms with Crippen molar-refractivity contribution < 1.29 is 20.4 Å². The molecule has 0 atom stereocenters. The van der Waals surface area contributed by atoms with Gasteiger partial charge in [-0.05, 0) is 47.5 Å². The van der Waals surface area contributed by atoms with Crippen molar-refractivity contribution in [3.05, 3.63) is 90.0 Å². The normalized spacial score (nSPS) is 10.5. The van der Waals surface area contributed by atoms with Crippen molar-refractivity contribution in [2.75, 3.05) is 11.8 Å². The first-order valence-electron chi connectivity index (χ1n) is 9.33. The molecule has 0 aliphatic heterocycles. The number of para-hydroxylation sites is 1. The monoisotopic (exact) mass is 450 g/mol. The molecule has 0 heterocycles. The van der Waals surface area contributed by atoms with Gasteiger partial charge in [0.2, 0.25) is 0 Å². The number of rotatable bonds is 4. The van der Waals surface area contributed by atoms with Crippen molar-refractivity contribution in [1.29, 1.82) is 0 Å². The summed E-state index contributed by atoms with van der Waals surface area (Å²) in [5.41, 5.74) is 2.10. The maximum Gasteiger partial charge on any atom is 0.115 e. The fourth-order valence-electron chi connectivity index (χ4n) is 2.39. The van der Waals surface area contributed by atoms with E-state index in [9.17, 15) is 10.2 Å². The fourth-order valence-corrected chi connectivity index (χ4v) is 2.72. The molecule has 0 bridgehead atoms. The van der Waals surface area contributed by atoms with Crippen molar-refractivity contribution >= 4 is 23.2 Å². The van der Waals surface area contributed by atoms with Crippen LogP contribution in [0.1, 0.15) is 25.0 Å². The number of benzene rings is 3. The summed E-state index contributed by atoms with van der Waals surface area (Å²) in [5.74, 6) is 1.32. The van der Waals surface area contributed by atoms with E-state index in [1.54, 1.807) is 48.5 Å². The number of aliphatic hydroxyl groups excluding tert-OH is 1. The first kappa shape index (κ1) is 25.6. The zero-order valence-electron chi connectivity index (χ0n) is 17.0. The zero-order chi connectivity index (χ0) is 22.6. The largest absolute Gasteiger partial charge is 0.508 e. The van der Waals surface area contributed by atoms with Gasteiger partial charge in [-0.3, -0.25) is 0 Å². The molecule has 0 unspecified atom stereocenters. The number of halogens is 2. The van der Waals surface area contributed by atoms with Crippen LogP contribution in [0.5, 0.6) is 17.2 Å². The molecule has 162 valence electrons. The summed E-state index contributed by atoms with van der Waals surface area (Å²) >= 11 is 10.2. The molecule has 0 saturated carbocycles. The summed E-state index contributed by atoms with van der Waals surface area (Å²) in [5, 5.41) is 35.6. The SMILES string of the molecule is CC(C)(c1ccc(O)cc1)c1ccc(O)cc1.OC(CCl)CCl.Oc1ccccc1. The molecule has 0 saturated heterocycles. The van der Waals surface area contributed by atoms with E-state index in [0.717, 1.165) is 11.1 Å². The number of hydrogen-bond donors (Lipinski definition) is 4. The molecule has 0 aliphatic carbocycles. The second-order valence-electron chi connectivity index (χ2n) is 7.02. The minimum atomic E-state index is -0.534. The molecule has 3 aromatic rings. The Hall–Kier alpha value is -2.40. The number of phenolic OH excluding ortho intramolecular Hbond substituents is 3. The van der Waals surface area contributed by atoms with Crippen LogP contribution < -0.4 is 0 Å². The Labute approximate surface area is 188 Å². The predicted molar refractivity (Wildman–Crippen MR) is 124 cm³/mol. The van der Waals surface area contributed by atoms with Crippen LogP contribution in [0, 0.1) is 0 Å². The molecule has 30 heavy (non-hydrogen) atoms. The van der Waals surface area contributed by atoms with Crippen LogP contribution in [0.25, 0.3) is 0 Å². The average Bonchev–Trinajstić information content (AvgIpc) is 2.75. The molecule has 3 aromatic carbocycles. The van der Waals surface area contributed by atoms with Gasteiger partial charge in [0.25, 0.3) is 0 Å². The topological polar surface area (TPSA) is 80.9 Å². The lowest BCUT2D eigenvalue weighted by Gasteiger charge is -2.26. The Bertz CT molecular complexity index is 784. The molecule has 4 nitrogen and oxygen atoms in total. The highest BCUT2D eigenvalue weighted by Gasteiger charge is 2.22. The van der Waals surface area contributed by atoms with Crippen LogP contribution in [0.15, 0.2) is 78.9 Å². The molecular weight excluding hydrogens is 423 g/mol. The van der Waals surface area contributed by atoms with Crippen molar-refractivity contribution in [2.24, 2.45) is 0 Å². The number of phenols is 3. The van der Waals surface area contributed by atoms with Crippen molar-refractivity contribution in [1.82, 2.24) is 0 Å². The van der Waals surface area contributed by atoms with E-state index in [4.69, 9.17) is 33.4 Å². The summed E-state index contributed by atoms with van der Waals surface area (Å²) in [4.78, 5) is 0. The van der Waals surface area contributed by atoms with E-state index in [2.05, 4.69) is 13.8 Å². The van der Waals surface area contributed by atoms with Gasteiger partial charge in [-0.1, -0.05) is 56.3 Å². The van der Waals surface area contributed by atoms with Crippen molar-refractivity contribution in [2.45, 2.75) is 25.4 Å². The van der Waals surface area contributed by atoms with Gasteiger partial charge in [0, 0.05) is 17.2 Å². The van der Waals surface area contributed by atoms with E-state index < -0.39 is 6.10 Å². The van der Waals surface area contributed by atoms with E-state index in [1.807, 2.05) is 30.3 Å². The third-order valence-electron chi connectivity index (χ3n) is 4.29. The maximum atomic E-state index is 9.30. The highest BCUT2D eigenvalue weighted by molar-refractivity contribution is 6.21. The second-order valence-corrected chi connectivity index (χ2v) is 7.63. The fraction of sp³-hybridized carbons (Fsp3) is 0.250. The van der Waals surface area contributed by atoms with Gasteiger partial charge in [0.15, 0.2) is 0 Å². The summed E-state index contributed by atoms with van der Waals surface area (Å²) in [6.07, 6.45) is -0.534. The second kappa shape index (κ2) is 13.0. The van der Waals surface area contributed by atoms with Gasteiger partial charge in [0.1, 0.15) is 17.2 Å². The van der Waals surface area contributed by atoms with Gasteiger partial charge < -0.3 is 20.4 Å². The van der Waals surface area contributed by atoms with Gasteiger partial charge in [-0.25, -0.2) is 0 Å². The van der Waals surface area contributed by atoms with Crippen molar-refractivity contribution in [3.8, 4) is 17.2 Å². The summed E-state index contributed by atoms with van der Waals surface area (Å²) in [6.45, 7) is 4.23. The first-order valence-corrected chi connectivity index (χ1v) is 10.4. The van der Waals surface area contributed by atoms with Crippen molar-refractivity contribution in [3.63, 3.8) is 0 Å². The van der Waals surface area contributed by atoms with Crippen LogP contribution in [0.4, 0.5) is 0 Å². The average molecular weight is 451 g/mol. The van der Waals surface area contributed by atoms with E-state index >= 15 is 0 Å². The molecule has 0 spiro atoms. The number of alkyl halides is 2. The lowest BCUT2D eigenvalue weighted by molar-refractivity contribution is 0.222. The minimum Gasteiger partial charge on any atom is -0.508 e. The van der Waals surface area contributed by atoms with Crippen LogP contribution in [0.3, 0.4) is 0 Å². The van der Waals surface area contributed by atoms with Gasteiger partial charge in [-0.2, -0.15) is 0 Å². The molecule has 0 fully saturated rings. The van der Waals surface area contributed by atoms with Gasteiger partial charge in [0.05, 0.1) is 6.10 Å². The van der Waals surface area contributed by atoms with Crippen LogP contribution in [-0.2, 0) is 5.41 Å². The molecule has 0 radical (unpaired) electrons. The minimum absolute atomic E-state index is 0.151. The first-order chi connectivity index (χ1) is 14.2. The molecule has 0 aliphatic rings. The molecule has 6 heteroatoms. The van der Waals surface area contributed by atoms with E-state index in [1.165, 1.54) is 0 Å². The van der Waals surface area contributed by atoms with Gasteiger partial charge in [-0.15, -0.1) is 23.2 Å². The highest BCUT2D eigenvalue weighted by atomic mass is 35.5. The Morgan fingerprint density at radius 2 is 0.967 bits per heavy atom. The highest BCUT2D eigenvalue weighted by Crippen LogP contribution is 2.32. The molecule has 0 amide bonds. The zero-order valence-corrected chi connectivity index (χ0v) is 18.6. The Morgan fingerprint density at radius 3 is 1.20 bits per heavy atom. The van der Waals surface area contributed by atoms with Crippen LogP contribution in [0.2, 0.25) is 0 Å². The van der Waals surface area contributed by atoms with Crippen LogP contribution in [-0.4, -0.2) is 38.3 Å². The van der Waals surface area contributed by atoms with Crippen LogP contribution >= 0.6 is 23.2 Å². The lowest BCUT2D eigenvalue weighted by atomic mass is 9.78. The summed E-state index contributed by atoms with van der Waals surface area (Å²) in [6, 6.07) is 23.2. The molecule has 4 N–H and O–H groups in total. The number of aromatic hydroxyl groups is 3. The maximum absolute atomic E-state index is 9.30. The summed E-state index contributed by atoms with van der Waals surface area (Å²) < 4.78 is 0. The Balaban J connectivity index is 0.000000285. The quantitative estimate of drug-likeness (QED) is 0.387. The standard InChI is InChI=1S/C15H16O2.C6H6O.C3H6Cl2O/c1-15(2,11-3-7-13(16)8-4-11)12-5-9-14(17)10-6-12;7-6-4-2-1-3-5-6;4-1-3(6)2-5/h3-10,16-17H,1-2H3;1-5,7H;3,6H,1-2H2. The predicted octanol–water partition coefficient (Wildman–Crippen LogP) is 5.64. The van der Waals surface area contributed by atoms with Gasteiger partial charge >= 0.3 is 0 Å². The Morgan fingerprint density at radius 1 is 0.633 bits per heavy atom. The third-order valence-corrected chi connectivity index (χ3v) is 5.00. The Kier molecular flexibility index (Phi) is 11.1. The smallest absolute Gasteiger partial charge is 0.115 e. The molecule has 0 aromatic heterocycles. The molecular formula is C24H28Cl2O4. The molecule has 3 rings (SSSR count). The third kappa shape index (κ3) is 8.95. The number of hydrogen-bond acceptors (Lipinski definition) is 4. The van der Waals surface area contributed by atoms with E-state index in [-0.39, 0.29) is 28.7 Å². The number of aliphatic hydroxyl groups is 1. The summed E-state index contributed by atoms with van der Waals surface area (Å²) in [7, 11) is 0. The lowest BCUT2D eigenvalue weighted by Crippen LogP contribution is -2.18. The van der Waals surface area contributed by atoms with E-state index in [0.29, 0.717) is 5.75 Å².